The van der Waals surface area contributed by atoms with Gasteiger partial charge in [0.05, 0.1) is 33.2 Å². The Hall–Kier alpha value is -2.05. The molecule has 13 heteroatoms. The highest BCUT2D eigenvalue weighted by Gasteiger charge is 2.33. The van der Waals surface area contributed by atoms with Gasteiger partial charge in [-0.15, -0.1) is 0 Å². The first-order valence-corrected chi connectivity index (χ1v) is 10.7. The van der Waals surface area contributed by atoms with Gasteiger partial charge in [-0.3, -0.25) is 9.10 Å². The number of sulfonamides is 1. The number of anilines is 1. The SMILES string of the molecule is Cc1oc(/C=N/NC(=O)CN(c2cc(C(F)(F)F)ccc2Cl)S(C)(=O)=O)cc1Br. The van der Waals surface area contributed by atoms with Crippen molar-refractivity contribution in [3.63, 3.8) is 0 Å². The van der Waals surface area contributed by atoms with Crippen LogP contribution in [0.1, 0.15) is 17.1 Å². The topological polar surface area (TPSA) is 92.0 Å². The summed E-state index contributed by atoms with van der Waals surface area (Å²) in [6, 6.07) is 3.77. The van der Waals surface area contributed by atoms with E-state index in [0.717, 1.165) is 12.3 Å². The average Bonchev–Trinajstić information content (AvgIpc) is 2.89. The number of carbonyl (C=O) groups excluding carboxylic acids is 1. The summed E-state index contributed by atoms with van der Waals surface area (Å²) >= 11 is 9.12. The number of aryl methyl sites for hydroxylation is 1. The third-order valence-corrected chi connectivity index (χ3v) is 5.72. The van der Waals surface area contributed by atoms with E-state index < -0.39 is 39.9 Å². The molecule has 0 spiro atoms. The van der Waals surface area contributed by atoms with Gasteiger partial charge in [-0.2, -0.15) is 18.3 Å². The van der Waals surface area contributed by atoms with Crippen LogP contribution in [0.5, 0.6) is 0 Å². The standard InChI is InChI=1S/C16H14BrClF3N3O4S/c1-9-12(17)6-11(28-9)7-22-23-15(25)8-24(29(2,26)27)14-5-10(16(19,20)21)3-4-13(14)18/h3-7H,8H2,1-2H3,(H,23,25)/b22-7+. The molecule has 0 fully saturated rings. The van der Waals surface area contributed by atoms with Gasteiger partial charge in [-0.05, 0) is 41.1 Å². The smallest absolute Gasteiger partial charge is 0.416 e. The number of nitrogens with zero attached hydrogens (tertiary/aromatic N) is 2. The number of hydrazone groups is 1. The minimum atomic E-state index is -4.72. The Morgan fingerprint density at radius 1 is 1.38 bits per heavy atom. The molecule has 0 radical (unpaired) electrons. The van der Waals surface area contributed by atoms with Crippen LogP contribution < -0.4 is 9.73 Å². The number of rotatable bonds is 6. The van der Waals surface area contributed by atoms with Crippen molar-refractivity contribution >= 4 is 55.4 Å². The molecule has 1 N–H and O–H groups in total. The van der Waals surface area contributed by atoms with Crippen molar-refractivity contribution in [2.24, 2.45) is 5.10 Å². The molecule has 0 saturated heterocycles. The fourth-order valence-electron chi connectivity index (χ4n) is 2.14. The number of carbonyl (C=O) groups is 1. The summed E-state index contributed by atoms with van der Waals surface area (Å²) in [5.41, 5.74) is 0.494. The Balaban J connectivity index is 2.23. The van der Waals surface area contributed by atoms with Crippen molar-refractivity contribution in [3.05, 3.63) is 50.8 Å². The molecule has 0 bridgehead atoms. The molecule has 0 aliphatic carbocycles. The van der Waals surface area contributed by atoms with E-state index in [1.807, 2.05) is 0 Å². The number of hydrogen-bond acceptors (Lipinski definition) is 5. The summed E-state index contributed by atoms with van der Waals surface area (Å²) in [6.45, 7) is 0.862. The summed E-state index contributed by atoms with van der Waals surface area (Å²) in [5.74, 6) is -0.00159. The molecule has 29 heavy (non-hydrogen) atoms. The zero-order valence-electron chi connectivity index (χ0n) is 14.9. The van der Waals surface area contributed by atoms with Crippen LogP contribution in [0.4, 0.5) is 18.9 Å². The summed E-state index contributed by atoms with van der Waals surface area (Å²) in [4.78, 5) is 12.1. The van der Waals surface area contributed by atoms with Crippen molar-refractivity contribution in [2.75, 3.05) is 17.1 Å². The third-order valence-electron chi connectivity index (χ3n) is 3.49. The van der Waals surface area contributed by atoms with E-state index in [9.17, 15) is 26.4 Å². The molecule has 0 atom stereocenters. The lowest BCUT2D eigenvalue weighted by molar-refractivity contribution is -0.137. The van der Waals surface area contributed by atoms with E-state index in [1.54, 1.807) is 13.0 Å². The van der Waals surface area contributed by atoms with E-state index in [-0.39, 0.29) is 5.02 Å². The summed E-state index contributed by atoms with van der Waals surface area (Å²) in [5, 5.41) is 3.36. The van der Waals surface area contributed by atoms with Crippen molar-refractivity contribution in [3.8, 4) is 0 Å². The van der Waals surface area contributed by atoms with Crippen LogP contribution in [0.3, 0.4) is 0 Å². The molecule has 1 aromatic heterocycles. The second kappa shape index (κ2) is 8.76. The first kappa shape index (κ1) is 23.2. The number of benzene rings is 1. The van der Waals surface area contributed by atoms with E-state index in [0.29, 0.717) is 32.4 Å². The molecular weight excluding hydrogens is 503 g/mol. The lowest BCUT2D eigenvalue weighted by Gasteiger charge is -2.23. The van der Waals surface area contributed by atoms with Gasteiger partial charge in [0.25, 0.3) is 5.91 Å². The van der Waals surface area contributed by atoms with Crippen LogP contribution in [0, 0.1) is 6.92 Å². The average molecular weight is 517 g/mol. The molecule has 2 aromatic rings. The van der Waals surface area contributed by atoms with E-state index in [2.05, 4.69) is 26.5 Å². The Morgan fingerprint density at radius 2 is 2.03 bits per heavy atom. The predicted molar refractivity (Wildman–Crippen MR) is 106 cm³/mol. The zero-order valence-corrected chi connectivity index (χ0v) is 18.1. The number of nitrogens with one attached hydrogen (secondary N) is 1. The van der Waals surface area contributed by atoms with Gasteiger partial charge in [0.1, 0.15) is 18.1 Å². The quantitative estimate of drug-likeness (QED) is 0.465. The largest absolute Gasteiger partial charge is 0.459 e. The molecular formula is C16H14BrClF3N3O4S. The Labute approximate surface area is 177 Å². The minimum Gasteiger partial charge on any atom is -0.459 e. The molecule has 1 amide bonds. The number of hydrogen-bond donors (Lipinski definition) is 1. The molecule has 7 nitrogen and oxygen atoms in total. The van der Waals surface area contributed by atoms with Gasteiger partial charge in [-0.1, -0.05) is 11.6 Å². The third kappa shape index (κ3) is 6.21. The van der Waals surface area contributed by atoms with Gasteiger partial charge in [0.2, 0.25) is 10.0 Å². The van der Waals surface area contributed by atoms with Crippen molar-refractivity contribution in [2.45, 2.75) is 13.1 Å². The van der Waals surface area contributed by atoms with Crippen molar-refractivity contribution in [1.29, 1.82) is 0 Å². The van der Waals surface area contributed by atoms with Gasteiger partial charge in [0, 0.05) is 6.07 Å². The van der Waals surface area contributed by atoms with Gasteiger partial charge in [0.15, 0.2) is 0 Å². The first-order valence-electron chi connectivity index (χ1n) is 7.71. The number of amides is 1. The van der Waals surface area contributed by atoms with Crippen LogP contribution >= 0.6 is 27.5 Å². The molecule has 0 aliphatic heterocycles. The fourth-order valence-corrected chi connectivity index (χ4v) is 3.58. The highest BCUT2D eigenvalue weighted by Crippen LogP contribution is 2.36. The first-order chi connectivity index (χ1) is 13.3. The van der Waals surface area contributed by atoms with Crippen LogP contribution in [0.2, 0.25) is 5.02 Å². The van der Waals surface area contributed by atoms with Crippen molar-refractivity contribution in [1.82, 2.24) is 5.43 Å². The van der Waals surface area contributed by atoms with Crippen LogP contribution in [0.25, 0.3) is 0 Å². The summed E-state index contributed by atoms with van der Waals surface area (Å²) in [6.07, 6.45) is -2.80. The van der Waals surface area contributed by atoms with Crippen LogP contribution in [0.15, 0.2) is 38.3 Å². The molecule has 0 unspecified atom stereocenters. The maximum atomic E-state index is 13.0. The lowest BCUT2D eigenvalue weighted by Crippen LogP contribution is -2.39. The van der Waals surface area contributed by atoms with Gasteiger partial charge < -0.3 is 4.42 Å². The minimum absolute atomic E-state index is 0.268. The van der Waals surface area contributed by atoms with Crippen LogP contribution in [-0.2, 0) is 21.0 Å². The summed E-state index contributed by atoms with van der Waals surface area (Å²) in [7, 11) is -4.13. The maximum absolute atomic E-state index is 13.0. The second-order valence-electron chi connectivity index (χ2n) is 5.78. The Kier molecular flexibility index (Phi) is 7.01. The second-order valence-corrected chi connectivity index (χ2v) is 8.95. The van der Waals surface area contributed by atoms with Gasteiger partial charge >= 0.3 is 6.18 Å². The monoisotopic (exact) mass is 515 g/mol. The zero-order chi connectivity index (χ0) is 22.0. The maximum Gasteiger partial charge on any atom is 0.416 e. The number of furan rings is 1. The van der Waals surface area contributed by atoms with E-state index in [4.69, 9.17) is 16.0 Å². The molecule has 0 saturated carbocycles. The van der Waals surface area contributed by atoms with E-state index >= 15 is 0 Å². The molecule has 158 valence electrons. The molecule has 0 aliphatic rings. The van der Waals surface area contributed by atoms with Gasteiger partial charge in [-0.25, -0.2) is 13.8 Å². The normalized spacial score (nSPS) is 12.4. The Bertz CT molecular complexity index is 1030. The lowest BCUT2D eigenvalue weighted by atomic mass is 10.2. The Morgan fingerprint density at radius 3 is 2.55 bits per heavy atom. The molecule has 2 rings (SSSR count). The van der Waals surface area contributed by atoms with Crippen molar-refractivity contribution < 1.29 is 30.8 Å². The van der Waals surface area contributed by atoms with Crippen LogP contribution in [-0.4, -0.2) is 33.3 Å². The molecule has 1 heterocycles. The summed E-state index contributed by atoms with van der Waals surface area (Å²) < 4.78 is 69.4. The predicted octanol–water partition coefficient (Wildman–Crippen LogP) is 3.94. The number of halogens is 5. The fraction of sp³-hybridized carbons (Fsp3) is 0.250. The van der Waals surface area contributed by atoms with E-state index in [1.165, 1.54) is 6.21 Å². The highest BCUT2D eigenvalue weighted by atomic mass is 79.9. The highest BCUT2D eigenvalue weighted by molar-refractivity contribution is 9.10. The molecule has 1 aromatic carbocycles. The number of alkyl halides is 3.